The van der Waals surface area contributed by atoms with Crippen molar-refractivity contribution in [2.24, 2.45) is 0 Å². The van der Waals surface area contributed by atoms with E-state index in [-0.39, 0.29) is 36.8 Å². The van der Waals surface area contributed by atoms with E-state index in [1.807, 2.05) is 36.1 Å². The summed E-state index contributed by atoms with van der Waals surface area (Å²) in [4.78, 5) is 28.3. The summed E-state index contributed by atoms with van der Waals surface area (Å²) in [5.74, 6) is -0.632. The minimum absolute atomic E-state index is 0.0282. The Hall–Kier alpha value is -2.73. The zero-order chi connectivity index (χ0) is 18.7. The molecule has 1 heterocycles. The number of carbonyl (C=O) groups excluding carboxylic acids is 2. The average Bonchev–Trinajstić information content (AvgIpc) is 2.92. The average molecular weight is 355 g/mol. The Morgan fingerprint density at radius 1 is 1.15 bits per heavy atom. The molecule has 0 saturated carbocycles. The van der Waals surface area contributed by atoms with Gasteiger partial charge in [-0.05, 0) is 56.3 Å². The predicted octanol–water partition coefficient (Wildman–Crippen LogP) is 2.67. The number of hydrogen-bond acceptors (Lipinski definition) is 3. The van der Waals surface area contributed by atoms with Crippen LogP contribution in [0.15, 0.2) is 48.5 Å². The SMILES string of the molecule is CC1Cc2ccccc2N1C(=O)CN(C)CC(=O)Nc1ccc(F)cc1. The van der Waals surface area contributed by atoms with Gasteiger partial charge in [-0.1, -0.05) is 18.2 Å². The third kappa shape index (κ3) is 4.08. The van der Waals surface area contributed by atoms with E-state index in [1.165, 1.54) is 29.8 Å². The van der Waals surface area contributed by atoms with Crippen molar-refractivity contribution < 1.29 is 14.0 Å². The lowest BCUT2D eigenvalue weighted by molar-refractivity contribution is -0.121. The number of halogens is 1. The van der Waals surface area contributed by atoms with Crippen LogP contribution in [0.3, 0.4) is 0 Å². The van der Waals surface area contributed by atoms with Crippen molar-refractivity contribution in [3.05, 3.63) is 59.9 Å². The van der Waals surface area contributed by atoms with E-state index >= 15 is 0 Å². The highest BCUT2D eigenvalue weighted by Crippen LogP contribution is 2.31. The van der Waals surface area contributed by atoms with Crippen molar-refractivity contribution in [3.63, 3.8) is 0 Å². The molecular weight excluding hydrogens is 333 g/mol. The minimum Gasteiger partial charge on any atom is -0.325 e. The largest absolute Gasteiger partial charge is 0.325 e. The molecule has 0 saturated heterocycles. The summed E-state index contributed by atoms with van der Waals surface area (Å²) in [6.45, 7) is 2.25. The Bertz CT molecular complexity index is 807. The molecule has 2 aromatic rings. The number of hydrogen-bond donors (Lipinski definition) is 1. The Balaban J connectivity index is 1.56. The number of nitrogens with zero attached hydrogens (tertiary/aromatic N) is 2. The summed E-state index contributed by atoms with van der Waals surface area (Å²) in [5.41, 5.74) is 2.65. The summed E-state index contributed by atoms with van der Waals surface area (Å²) in [5, 5.41) is 2.70. The number of fused-ring (bicyclic) bond motifs is 1. The highest BCUT2D eigenvalue weighted by Gasteiger charge is 2.30. The zero-order valence-corrected chi connectivity index (χ0v) is 14.9. The van der Waals surface area contributed by atoms with Crippen LogP contribution in [0.1, 0.15) is 12.5 Å². The molecule has 0 aliphatic carbocycles. The van der Waals surface area contributed by atoms with E-state index in [1.54, 1.807) is 11.9 Å². The molecule has 3 rings (SSSR count). The molecule has 1 aliphatic heterocycles. The Morgan fingerprint density at radius 2 is 1.85 bits per heavy atom. The van der Waals surface area contributed by atoms with Crippen LogP contribution in [-0.4, -0.2) is 42.9 Å². The number of carbonyl (C=O) groups is 2. The fraction of sp³-hybridized carbons (Fsp3) is 0.300. The van der Waals surface area contributed by atoms with Gasteiger partial charge in [-0.3, -0.25) is 14.5 Å². The lowest BCUT2D eigenvalue weighted by Gasteiger charge is -2.25. The first-order valence-electron chi connectivity index (χ1n) is 8.58. The van der Waals surface area contributed by atoms with E-state index < -0.39 is 0 Å². The van der Waals surface area contributed by atoms with Gasteiger partial charge in [0.2, 0.25) is 11.8 Å². The van der Waals surface area contributed by atoms with Gasteiger partial charge in [0.15, 0.2) is 0 Å². The third-order valence-corrected chi connectivity index (χ3v) is 4.42. The van der Waals surface area contributed by atoms with Gasteiger partial charge in [-0.25, -0.2) is 4.39 Å². The molecule has 0 radical (unpaired) electrons. The third-order valence-electron chi connectivity index (χ3n) is 4.42. The molecule has 0 fully saturated rings. The summed E-state index contributed by atoms with van der Waals surface area (Å²) in [6.07, 6.45) is 0.844. The molecule has 2 aromatic carbocycles. The van der Waals surface area contributed by atoms with Gasteiger partial charge in [-0.15, -0.1) is 0 Å². The van der Waals surface area contributed by atoms with Crippen molar-refractivity contribution >= 4 is 23.2 Å². The lowest BCUT2D eigenvalue weighted by atomic mass is 10.1. The van der Waals surface area contributed by atoms with Gasteiger partial charge in [0.05, 0.1) is 13.1 Å². The Morgan fingerprint density at radius 3 is 2.58 bits per heavy atom. The van der Waals surface area contributed by atoms with E-state index in [2.05, 4.69) is 5.32 Å². The normalized spacial score (nSPS) is 15.8. The number of para-hydroxylation sites is 1. The predicted molar refractivity (Wildman–Crippen MR) is 99.6 cm³/mol. The molecular formula is C20H22FN3O2. The molecule has 6 heteroatoms. The summed E-state index contributed by atoms with van der Waals surface area (Å²) in [7, 11) is 1.73. The molecule has 1 N–H and O–H groups in total. The molecule has 1 atom stereocenters. The standard InChI is InChI=1S/C20H22FN3O2/c1-14-11-15-5-3-4-6-18(15)24(14)20(26)13-23(2)12-19(25)22-17-9-7-16(21)8-10-17/h3-10,14H,11-13H2,1-2H3,(H,22,25). The van der Waals surface area contributed by atoms with Gasteiger partial charge in [0.1, 0.15) is 5.82 Å². The fourth-order valence-electron chi connectivity index (χ4n) is 3.29. The van der Waals surface area contributed by atoms with Gasteiger partial charge in [0, 0.05) is 17.4 Å². The molecule has 1 aliphatic rings. The Kier molecular flexibility index (Phi) is 5.32. The number of nitrogens with one attached hydrogen (secondary N) is 1. The molecule has 5 nitrogen and oxygen atoms in total. The first kappa shape index (κ1) is 18.1. The number of benzene rings is 2. The van der Waals surface area contributed by atoms with Crippen LogP contribution in [0.5, 0.6) is 0 Å². The second-order valence-electron chi connectivity index (χ2n) is 6.67. The van der Waals surface area contributed by atoms with Crippen LogP contribution in [0.2, 0.25) is 0 Å². The van der Waals surface area contributed by atoms with Crippen molar-refractivity contribution in [1.29, 1.82) is 0 Å². The van der Waals surface area contributed by atoms with E-state index in [0.29, 0.717) is 5.69 Å². The maximum atomic E-state index is 12.9. The van der Waals surface area contributed by atoms with E-state index in [4.69, 9.17) is 0 Å². The summed E-state index contributed by atoms with van der Waals surface area (Å²) < 4.78 is 12.9. The second-order valence-corrected chi connectivity index (χ2v) is 6.67. The van der Waals surface area contributed by atoms with Crippen LogP contribution in [0.25, 0.3) is 0 Å². The summed E-state index contributed by atoms with van der Waals surface area (Å²) >= 11 is 0. The van der Waals surface area contributed by atoms with Crippen LogP contribution in [-0.2, 0) is 16.0 Å². The highest BCUT2D eigenvalue weighted by molar-refractivity contribution is 5.98. The monoisotopic (exact) mass is 355 g/mol. The first-order chi connectivity index (χ1) is 12.4. The number of likely N-dealkylation sites (N-methyl/N-ethyl adjacent to an activating group) is 1. The maximum Gasteiger partial charge on any atom is 0.241 e. The van der Waals surface area contributed by atoms with Crippen LogP contribution in [0.4, 0.5) is 15.8 Å². The maximum absolute atomic E-state index is 12.9. The van der Waals surface area contributed by atoms with E-state index in [9.17, 15) is 14.0 Å². The van der Waals surface area contributed by atoms with Crippen molar-refractivity contribution in [3.8, 4) is 0 Å². The smallest absolute Gasteiger partial charge is 0.241 e. The van der Waals surface area contributed by atoms with Gasteiger partial charge >= 0.3 is 0 Å². The van der Waals surface area contributed by atoms with Crippen molar-refractivity contribution in [1.82, 2.24) is 4.90 Å². The van der Waals surface area contributed by atoms with Crippen LogP contribution >= 0.6 is 0 Å². The molecule has 0 aromatic heterocycles. The van der Waals surface area contributed by atoms with Crippen LogP contribution in [0, 0.1) is 5.82 Å². The number of amides is 2. The van der Waals surface area contributed by atoms with Crippen LogP contribution < -0.4 is 10.2 Å². The fourth-order valence-corrected chi connectivity index (χ4v) is 3.29. The molecule has 2 amide bonds. The quantitative estimate of drug-likeness (QED) is 0.897. The molecule has 0 spiro atoms. The van der Waals surface area contributed by atoms with Gasteiger partial charge in [-0.2, -0.15) is 0 Å². The number of anilines is 2. The molecule has 136 valence electrons. The van der Waals surface area contributed by atoms with E-state index in [0.717, 1.165) is 12.1 Å². The minimum atomic E-state index is -0.356. The molecule has 0 bridgehead atoms. The molecule has 1 unspecified atom stereocenters. The summed E-state index contributed by atoms with van der Waals surface area (Å²) in [6, 6.07) is 13.6. The number of rotatable bonds is 5. The Labute approximate surface area is 152 Å². The second kappa shape index (κ2) is 7.66. The first-order valence-corrected chi connectivity index (χ1v) is 8.58. The van der Waals surface area contributed by atoms with Gasteiger partial charge in [0.25, 0.3) is 0 Å². The van der Waals surface area contributed by atoms with Crippen molar-refractivity contribution in [2.75, 3.05) is 30.4 Å². The topological polar surface area (TPSA) is 52.7 Å². The highest BCUT2D eigenvalue weighted by atomic mass is 19.1. The molecule has 26 heavy (non-hydrogen) atoms. The lowest BCUT2D eigenvalue weighted by Crippen LogP contribution is -2.43. The zero-order valence-electron chi connectivity index (χ0n) is 14.9. The van der Waals surface area contributed by atoms with Gasteiger partial charge < -0.3 is 10.2 Å². The van der Waals surface area contributed by atoms with Crippen molar-refractivity contribution in [2.45, 2.75) is 19.4 Å².